The normalized spacial score (nSPS) is 20.7. The van der Waals surface area contributed by atoms with Gasteiger partial charge in [0.15, 0.2) is 8.32 Å². The van der Waals surface area contributed by atoms with E-state index < -0.39 is 13.9 Å². The Morgan fingerprint density at radius 1 is 1.07 bits per heavy atom. The molecule has 1 fully saturated rings. The summed E-state index contributed by atoms with van der Waals surface area (Å²) in [6, 6.07) is 5.26. The molecule has 1 aliphatic rings. The van der Waals surface area contributed by atoms with Crippen molar-refractivity contribution in [2.24, 2.45) is 0 Å². The molecule has 1 aromatic rings. The molecule has 1 aromatic carbocycles. The van der Waals surface area contributed by atoms with Gasteiger partial charge in [0.1, 0.15) is 5.60 Å². The lowest BCUT2D eigenvalue weighted by molar-refractivity contribution is 0.0273. The molecule has 0 aliphatic carbocycles. The van der Waals surface area contributed by atoms with E-state index in [1.165, 1.54) is 0 Å². The summed E-state index contributed by atoms with van der Waals surface area (Å²) < 4.78 is 12.3. The Morgan fingerprint density at radius 2 is 1.62 bits per heavy atom. The zero-order chi connectivity index (χ0) is 22.2. The highest BCUT2D eigenvalue weighted by Crippen LogP contribution is 2.39. The van der Waals surface area contributed by atoms with Crippen molar-refractivity contribution in [1.29, 1.82) is 0 Å². The van der Waals surface area contributed by atoms with Gasteiger partial charge in [0.05, 0.1) is 18.7 Å². The topological polar surface area (TPSA) is 50.8 Å². The van der Waals surface area contributed by atoms with Gasteiger partial charge in [-0.05, 0) is 57.1 Å². The molecule has 5 nitrogen and oxygen atoms in total. The number of rotatable bonds is 4. The Bertz CT molecular complexity index is 724. The van der Waals surface area contributed by atoms with Gasteiger partial charge >= 0.3 is 6.09 Å². The molecule has 2 rings (SSSR count). The quantitative estimate of drug-likeness (QED) is 0.526. The van der Waals surface area contributed by atoms with Gasteiger partial charge < -0.3 is 19.4 Å². The Balaban J connectivity index is 2.24. The maximum atomic E-state index is 12.7. The second kappa shape index (κ2) is 8.65. The smallest absolute Gasteiger partial charge is 0.410 e. The summed E-state index contributed by atoms with van der Waals surface area (Å²) in [6.07, 6.45) is -0.476. The first-order valence-electron chi connectivity index (χ1n) is 9.96. The van der Waals surface area contributed by atoms with E-state index in [4.69, 9.17) is 32.4 Å². The number of ether oxygens (including phenoxy) is 1. The third-order valence-corrected chi connectivity index (χ3v) is 10.3. The molecule has 1 aliphatic heterocycles. The molecule has 0 saturated carbocycles. The number of anilines is 1. The predicted octanol–water partition coefficient (Wildman–Crippen LogP) is 6.42. The van der Waals surface area contributed by atoms with Crippen LogP contribution in [0.15, 0.2) is 18.2 Å². The van der Waals surface area contributed by atoms with Crippen LogP contribution < -0.4 is 5.32 Å². The number of hydrogen-bond acceptors (Lipinski definition) is 4. The van der Waals surface area contributed by atoms with Crippen LogP contribution in [0.2, 0.25) is 28.2 Å². The van der Waals surface area contributed by atoms with E-state index in [1.807, 2.05) is 32.9 Å². The maximum absolute atomic E-state index is 12.7. The molecule has 1 N–H and O–H groups in total. The summed E-state index contributed by atoms with van der Waals surface area (Å²) in [5.74, 6) is 0. The van der Waals surface area contributed by atoms with Crippen LogP contribution in [-0.4, -0.2) is 50.1 Å². The van der Waals surface area contributed by atoms with E-state index in [2.05, 4.69) is 39.2 Å². The molecule has 2 atom stereocenters. The first-order chi connectivity index (χ1) is 13.1. The molecule has 0 aromatic heterocycles. The number of carbonyl (C=O) groups is 1. The molecule has 1 heterocycles. The third kappa shape index (κ3) is 6.77. The largest absolute Gasteiger partial charge is 0.444 e. The van der Waals surface area contributed by atoms with Gasteiger partial charge in [0.25, 0.3) is 0 Å². The van der Waals surface area contributed by atoms with Crippen LogP contribution in [-0.2, 0) is 9.16 Å². The molecule has 1 saturated heterocycles. The minimum atomic E-state index is -2.03. The van der Waals surface area contributed by atoms with E-state index >= 15 is 0 Å². The number of carbonyl (C=O) groups excluding carboxylic acids is 1. The molecule has 164 valence electrons. The SMILES string of the molecule is CC(C)(C)OC(=O)N1C[C@H](Nc2cc(Cl)cc(Cl)c2)[C@@H](O[Si](C)(C)C(C)(C)C)C1. The van der Waals surface area contributed by atoms with E-state index in [-0.39, 0.29) is 23.3 Å². The fraction of sp³-hybridized carbons (Fsp3) is 0.667. The minimum Gasteiger partial charge on any atom is -0.444 e. The van der Waals surface area contributed by atoms with E-state index in [0.29, 0.717) is 23.1 Å². The predicted molar refractivity (Wildman–Crippen MR) is 124 cm³/mol. The van der Waals surface area contributed by atoms with Crippen molar-refractivity contribution in [3.8, 4) is 0 Å². The summed E-state index contributed by atoms with van der Waals surface area (Å²) >= 11 is 12.3. The van der Waals surface area contributed by atoms with Crippen LogP contribution in [0.1, 0.15) is 41.5 Å². The molecule has 0 unspecified atom stereocenters. The van der Waals surface area contributed by atoms with E-state index in [0.717, 1.165) is 5.69 Å². The van der Waals surface area contributed by atoms with Gasteiger partial charge in [-0.3, -0.25) is 0 Å². The van der Waals surface area contributed by atoms with Crippen molar-refractivity contribution in [3.05, 3.63) is 28.2 Å². The summed E-state index contributed by atoms with van der Waals surface area (Å²) in [5.41, 5.74) is 0.265. The van der Waals surface area contributed by atoms with Crippen LogP contribution in [0.4, 0.5) is 10.5 Å². The molecule has 29 heavy (non-hydrogen) atoms. The van der Waals surface area contributed by atoms with Crippen molar-refractivity contribution in [1.82, 2.24) is 4.90 Å². The average Bonchev–Trinajstić information content (AvgIpc) is 2.85. The number of halogens is 2. The van der Waals surface area contributed by atoms with Gasteiger partial charge in [-0.2, -0.15) is 0 Å². The molecule has 0 bridgehead atoms. The lowest BCUT2D eigenvalue weighted by Gasteiger charge is -2.39. The lowest BCUT2D eigenvalue weighted by atomic mass is 10.2. The molecule has 0 spiro atoms. The number of hydrogen-bond donors (Lipinski definition) is 1. The lowest BCUT2D eigenvalue weighted by Crippen LogP contribution is -2.48. The van der Waals surface area contributed by atoms with Gasteiger partial charge in [0.2, 0.25) is 0 Å². The van der Waals surface area contributed by atoms with Gasteiger partial charge in [-0.15, -0.1) is 0 Å². The fourth-order valence-corrected chi connectivity index (χ4v) is 4.79. The zero-order valence-electron chi connectivity index (χ0n) is 18.7. The molecule has 1 amide bonds. The highest BCUT2D eigenvalue weighted by atomic mass is 35.5. The van der Waals surface area contributed by atoms with E-state index in [9.17, 15) is 4.79 Å². The van der Waals surface area contributed by atoms with Gasteiger partial charge in [0, 0.05) is 22.3 Å². The summed E-state index contributed by atoms with van der Waals surface area (Å²) in [4.78, 5) is 14.4. The first kappa shape index (κ1) is 24.3. The molecule has 8 heteroatoms. The average molecular weight is 462 g/mol. The van der Waals surface area contributed by atoms with Crippen LogP contribution >= 0.6 is 23.2 Å². The van der Waals surface area contributed by atoms with Crippen molar-refractivity contribution in [3.63, 3.8) is 0 Å². The maximum Gasteiger partial charge on any atom is 0.410 e. The van der Waals surface area contributed by atoms with Crippen molar-refractivity contribution in [2.45, 2.75) is 77.4 Å². The highest BCUT2D eigenvalue weighted by molar-refractivity contribution is 6.74. The van der Waals surface area contributed by atoms with Gasteiger partial charge in [-0.25, -0.2) is 4.79 Å². The highest BCUT2D eigenvalue weighted by Gasteiger charge is 2.45. The van der Waals surface area contributed by atoms with Crippen LogP contribution in [0.5, 0.6) is 0 Å². The second-order valence-electron chi connectivity index (χ2n) is 10.2. The molecular formula is C21H34Cl2N2O3Si. The Kier molecular flexibility index (Phi) is 7.26. The monoisotopic (exact) mass is 460 g/mol. The van der Waals surface area contributed by atoms with Crippen molar-refractivity contribution < 1.29 is 14.0 Å². The third-order valence-electron chi connectivity index (χ3n) is 5.38. The Labute approximate surface area is 186 Å². The number of amides is 1. The first-order valence-corrected chi connectivity index (χ1v) is 13.6. The fourth-order valence-electron chi connectivity index (χ4n) is 2.91. The minimum absolute atomic E-state index is 0.0657. The Morgan fingerprint density at radius 3 is 2.10 bits per heavy atom. The number of nitrogens with one attached hydrogen (secondary N) is 1. The van der Waals surface area contributed by atoms with Crippen molar-refractivity contribution in [2.75, 3.05) is 18.4 Å². The summed E-state index contributed by atoms with van der Waals surface area (Å²) in [6.45, 7) is 17.6. The van der Waals surface area contributed by atoms with Crippen LogP contribution in [0, 0.1) is 0 Å². The molecular weight excluding hydrogens is 427 g/mol. The number of likely N-dealkylation sites (tertiary alicyclic amines) is 1. The summed E-state index contributed by atoms with van der Waals surface area (Å²) in [7, 11) is -2.03. The summed E-state index contributed by atoms with van der Waals surface area (Å²) in [5, 5.41) is 4.66. The van der Waals surface area contributed by atoms with Crippen molar-refractivity contribution >= 4 is 43.3 Å². The zero-order valence-corrected chi connectivity index (χ0v) is 21.2. The van der Waals surface area contributed by atoms with Crippen LogP contribution in [0.25, 0.3) is 0 Å². The molecule has 0 radical (unpaired) electrons. The van der Waals surface area contributed by atoms with Gasteiger partial charge in [-0.1, -0.05) is 44.0 Å². The Hall–Kier alpha value is -0.953. The second-order valence-corrected chi connectivity index (χ2v) is 15.8. The number of benzene rings is 1. The van der Waals surface area contributed by atoms with Crippen LogP contribution in [0.3, 0.4) is 0 Å². The number of nitrogens with zero attached hydrogens (tertiary/aromatic N) is 1. The van der Waals surface area contributed by atoms with E-state index in [1.54, 1.807) is 11.0 Å². The standard InChI is InChI=1S/C21H34Cl2N2O3Si/c1-20(2,3)27-19(26)25-12-17(24-16-10-14(22)9-15(23)11-16)18(13-25)28-29(7,8)21(4,5)6/h9-11,17-18,24H,12-13H2,1-8H3/t17-,18-/m0/s1.